The Labute approximate surface area is 155 Å². The van der Waals surface area contributed by atoms with Crippen molar-refractivity contribution in [1.29, 1.82) is 0 Å². The van der Waals surface area contributed by atoms with Crippen molar-refractivity contribution in [3.63, 3.8) is 0 Å². The van der Waals surface area contributed by atoms with E-state index in [4.69, 9.17) is 21.1 Å². The maximum absolute atomic E-state index is 12.5. The van der Waals surface area contributed by atoms with E-state index >= 15 is 0 Å². The van der Waals surface area contributed by atoms with Crippen LogP contribution in [0.25, 0.3) is 0 Å². The van der Waals surface area contributed by atoms with E-state index in [2.05, 4.69) is 10.3 Å². The average Bonchev–Trinajstić information content (AvgIpc) is 3.04. The van der Waals surface area contributed by atoms with E-state index in [1.54, 1.807) is 42.3 Å². The standard InChI is InChI=1S/C18H18ClN3O4/c1-25-13-4-5-14(15(8-13)26-2)22-10-11(7-17(22)23)18(24)21-16-6-3-12(19)9-20-16/h3-6,8-9,11H,7,10H2,1-2H3,(H,20,21,24). The van der Waals surface area contributed by atoms with Crippen molar-refractivity contribution in [2.45, 2.75) is 6.42 Å². The predicted molar refractivity (Wildman–Crippen MR) is 97.9 cm³/mol. The lowest BCUT2D eigenvalue weighted by Gasteiger charge is -2.20. The molecule has 1 atom stereocenters. The van der Waals surface area contributed by atoms with E-state index in [1.165, 1.54) is 13.3 Å². The molecule has 1 N–H and O–H groups in total. The molecule has 1 aromatic carbocycles. The van der Waals surface area contributed by atoms with Crippen LogP contribution < -0.4 is 19.7 Å². The summed E-state index contributed by atoms with van der Waals surface area (Å²) in [4.78, 5) is 30.5. The van der Waals surface area contributed by atoms with Crippen LogP contribution in [0, 0.1) is 5.92 Å². The molecular formula is C18H18ClN3O4. The number of methoxy groups -OCH3 is 2. The third-order valence-corrected chi connectivity index (χ3v) is 4.38. The minimum absolute atomic E-state index is 0.120. The number of rotatable bonds is 5. The van der Waals surface area contributed by atoms with Crippen molar-refractivity contribution in [1.82, 2.24) is 4.98 Å². The monoisotopic (exact) mass is 375 g/mol. The fourth-order valence-corrected chi connectivity index (χ4v) is 2.91. The Kier molecular flexibility index (Phi) is 5.27. The Balaban J connectivity index is 1.74. The Morgan fingerprint density at radius 3 is 2.73 bits per heavy atom. The largest absolute Gasteiger partial charge is 0.497 e. The molecule has 1 fully saturated rings. The van der Waals surface area contributed by atoms with Gasteiger partial charge in [0, 0.05) is 25.2 Å². The van der Waals surface area contributed by atoms with E-state index in [1.807, 2.05) is 0 Å². The number of benzene rings is 1. The van der Waals surface area contributed by atoms with Crippen molar-refractivity contribution in [2.75, 3.05) is 31.0 Å². The van der Waals surface area contributed by atoms with E-state index in [9.17, 15) is 9.59 Å². The Hall–Kier alpha value is -2.80. The zero-order valence-electron chi connectivity index (χ0n) is 14.4. The summed E-state index contributed by atoms with van der Waals surface area (Å²) < 4.78 is 10.5. The molecule has 1 saturated heterocycles. The highest BCUT2D eigenvalue weighted by Crippen LogP contribution is 2.36. The van der Waals surface area contributed by atoms with E-state index in [0.29, 0.717) is 28.0 Å². The van der Waals surface area contributed by atoms with Crippen molar-refractivity contribution >= 4 is 34.9 Å². The zero-order chi connectivity index (χ0) is 18.7. The maximum Gasteiger partial charge on any atom is 0.230 e. The molecule has 2 heterocycles. The molecule has 0 bridgehead atoms. The molecule has 8 heteroatoms. The van der Waals surface area contributed by atoms with E-state index in [-0.39, 0.29) is 24.8 Å². The molecule has 0 radical (unpaired) electrons. The first-order valence-electron chi connectivity index (χ1n) is 7.96. The molecule has 2 aromatic rings. The third kappa shape index (κ3) is 3.72. The fourth-order valence-electron chi connectivity index (χ4n) is 2.80. The van der Waals surface area contributed by atoms with Crippen LogP contribution in [-0.2, 0) is 9.59 Å². The van der Waals surface area contributed by atoms with Crippen LogP contribution >= 0.6 is 11.6 Å². The number of nitrogens with zero attached hydrogens (tertiary/aromatic N) is 2. The minimum atomic E-state index is -0.480. The first kappa shape index (κ1) is 18.0. The molecule has 136 valence electrons. The summed E-state index contributed by atoms with van der Waals surface area (Å²) in [5.41, 5.74) is 0.609. The van der Waals surface area contributed by atoms with E-state index in [0.717, 1.165) is 0 Å². The maximum atomic E-state index is 12.5. The molecule has 7 nitrogen and oxygen atoms in total. The van der Waals surface area contributed by atoms with Gasteiger partial charge in [0.15, 0.2) is 0 Å². The number of pyridine rings is 1. The molecular weight excluding hydrogens is 358 g/mol. The van der Waals surface area contributed by atoms with Crippen LogP contribution in [-0.4, -0.2) is 37.6 Å². The molecule has 1 aliphatic rings. The average molecular weight is 376 g/mol. The van der Waals surface area contributed by atoms with Crippen molar-refractivity contribution < 1.29 is 19.1 Å². The second kappa shape index (κ2) is 7.61. The number of ether oxygens (including phenoxy) is 2. The van der Waals surface area contributed by atoms with Gasteiger partial charge in [-0.05, 0) is 24.3 Å². The highest BCUT2D eigenvalue weighted by Gasteiger charge is 2.36. The summed E-state index contributed by atoms with van der Waals surface area (Å²) in [5.74, 6) is 0.651. The Morgan fingerprint density at radius 2 is 2.08 bits per heavy atom. The van der Waals surface area contributed by atoms with Gasteiger partial charge in [0.25, 0.3) is 0 Å². The van der Waals surface area contributed by atoms with Gasteiger partial charge in [-0.2, -0.15) is 0 Å². The molecule has 26 heavy (non-hydrogen) atoms. The lowest BCUT2D eigenvalue weighted by molar-refractivity contribution is -0.122. The fraction of sp³-hybridized carbons (Fsp3) is 0.278. The topological polar surface area (TPSA) is 80.8 Å². The number of anilines is 2. The van der Waals surface area contributed by atoms with Gasteiger partial charge in [0.1, 0.15) is 17.3 Å². The quantitative estimate of drug-likeness (QED) is 0.869. The number of nitrogens with one attached hydrogen (secondary N) is 1. The van der Waals surface area contributed by atoms with Gasteiger partial charge in [0.05, 0.1) is 30.8 Å². The Bertz CT molecular complexity index is 826. The molecule has 0 aliphatic carbocycles. The van der Waals surface area contributed by atoms with Gasteiger partial charge in [0.2, 0.25) is 11.8 Å². The number of carbonyl (C=O) groups is 2. The summed E-state index contributed by atoms with van der Waals surface area (Å²) in [6.07, 6.45) is 1.57. The van der Waals surface area contributed by atoms with Gasteiger partial charge < -0.3 is 19.7 Å². The first-order chi connectivity index (χ1) is 12.5. The molecule has 0 spiro atoms. The van der Waals surface area contributed by atoms with Crippen molar-refractivity contribution in [3.8, 4) is 11.5 Å². The van der Waals surface area contributed by atoms with Gasteiger partial charge in [-0.3, -0.25) is 9.59 Å². The highest BCUT2D eigenvalue weighted by molar-refractivity contribution is 6.30. The van der Waals surface area contributed by atoms with Crippen molar-refractivity contribution in [3.05, 3.63) is 41.6 Å². The van der Waals surface area contributed by atoms with Gasteiger partial charge in [-0.1, -0.05) is 11.6 Å². The number of aromatic nitrogens is 1. The smallest absolute Gasteiger partial charge is 0.230 e. The summed E-state index contributed by atoms with van der Waals surface area (Å²) >= 11 is 5.78. The molecule has 1 aromatic heterocycles. The molecule has 2 amide bonds. The minimum Gasteiger partial charge on any atom is -0.497 e. The van der Waals surface area contributed by atoms with Gasteiger partial charge in [-0.25, -0.2) is 4.98 Å². The lowest BCUT2D eigenvalue weighted by atomic mass is 10.1. The summed E-state index contributed by atoms with van der Waals surface area (Å²) in [6.45, 7) is 0.265. The number of amides is 2. The number of hydrogen-bond acceptors (Lipinski definition) is 5. The second-order valence-electron chi connectivity index (χ2n) is 5.79. The number of halogens is 1. The predicted octanol–water partition coefficient (Wildman–Crippen LogP) is 2.74. The molecule has 0 saturated carbocycles. The van der Waals surface area contributed by atoms with E-state index < -0.39 is 5.92 Å². The second-order valence-corrected chi connectivity index (χ2v) is 6.23. The normalized spacial score (nSPS) is 16.5. The van der Waals surface area contributed by atoms with Crippen LogP contribution in [0.1, 0.15) is 6.42 Å². The van der Waals surface area contributed by atoms with Gasteiger partial charge >= 0.3 is 0 Å². The highest BCUT2D eigenvalue weighted by atomic mass is 35.5. The summed E-state index contributed by atoms with van der Waals surface area (Å²) in [7, 11) is 3.08. The van der Waals surface area contributed by atoms with Gasteiger partial charge in [-0.15, -0.1) is 0 Å². The van der Waals surface area contributed by atoms with Crippen LogP contribution in [0.15, 0.2) is 36.5 Å². The van der Waals surface area contributed by atoms with Crippen LogP contribution in [0.5, 0.6) is 11.5 Å². The molecule has 3 rings (SSSR count). The Morgan fingerprint density at radius 1 is 1.27 bits per heavy atom. The lowest BCUT2D eigenvalue weighted by Crippen LogP contribution is -2.28. The third-order valence-electron chi connectivity index (χ3n) is 4.15. The molecule has 1 unspecified atom stereocenters. The number of carbonyl (C=O) groups excluding carboxylic acids is 2. The molecule has 1 aliphatic heterocycles. The van der Waals surface area contributed by atoms with Crippen LogP contribution in [0.4, 0.5) is 11.5 Å². The zero-order valence-corrected chi connectivity index (χ0v) is 15.1. The first-order valence-corrected chi connectivity index (χ1v) is 8.34. The number of hydrogen-bond donors (Lipinski definition) is 1. The van der Waals surface area contributed by atoms with Crippen LogP contribution in [0.2, 0.25) is 5.02 Å². The van der Waals surface area contributed by atoms with Crippen molar-refractivity contribution in [2.24, 2.45) is 5.92 Å². The summed E-state index contributed by atoms with van der Waals surface area (Å²) in [6, 6.07) is 8.44. The SMILES string of the molecule is COc1ccc(N2CC(C(=O)Nc3ccc(Cl)cn3)CC2=O)c(OC)c1. The summed E-state index contributed by atoms with van der Waals surface area (Å²) in [5, 5.41) is 3.19. The van der Waals surface area contributed by atoms with Crippen LogP contribution in [0.3, 0.4) is 0 Å².